The number of nitrogens with two attached hydrogens (primary N) is 1. The second-order valence-corrected chi connectivity index (χ2v) is 5.67. The van der Waals surface area contributed by atoms with E-state index in [0.717, 1.165) is 37.2 Å². The number of nitrogens with zero attached hydrogens (tertiary/aromatic N) is 1. The lowest BCUT2D eigenvalue weighted by molar-refractivity contribution is 0.320. The Kier molecular flexibility index (Phi) is 8.67. The zero-order valence-electron chi connectivity index (χ0n) is 13.8. The first-order valence-electron chi connectivity index (χ1n) is 7.84. The summed E-state index contributed by atoms with van der Waals surface area (Å²) in [4.78, 5) is 4.37. The average molecular weight is 303 g/mol. The van der Waals surface area contributed by atoms with Crippen LogP contribution < -0.4 is 11.1 Å². The van der Waals surface area contributed by atoms with Gasteiger partial charge in [-0.25, -0.2) is 0 Å². The highest BCUT2D eigenvalue weighted by molar-refractivity contribution is 5.17. The number of hydrogen-bond acceptors (Lipinski definition) is 4. The molecule has 0 fully saturated rings. The van der Waals surface area contributed by atoms with E-state index in [1.54, 1.807) is 0 Å². The number of aliphatic hydroxyl groups is 1. The molecule has 4 nitrogen and oxygen atoms in total. The van der Waals surface area contributed by atoms with Gasteiger partial charge in [-0.3, -0.25) is 4.98 Å². The van der Waals surface area contributed by atoms with Crippen LogP contribution in [0.4, 0.5) is 0 Å². The van der Waals surface area contributed by atoms with Gasteiger partial charge in [0.2, 0.25) is 0 Å². The molecule has 0 aliphatic heterocycles. The van der Waals surface area contributed by atoms with Crippen molar-refractivity contribution in [2.45, 2.75) is 33.2 Å². The molecule has 0 aliphatic carbocycles. The van der Waals surface area contributed by atoms with Crippen LogP contribution in [0.2, 0.25) is 0 Å². The van der Waals surface area contributed by atoms with E-state index in [9.17, 15) is 5.11 Å². The van der Waals surface area contributed by atoms with Crippen LogP contribution in [0.3, 0.4) is 0 Å². The molecule has 0 aliphatic rings. The monoisotopic (exact) mass is 303 g/mol. The summed E-state index contributed by atoms with van der Waals surface area (Å²) in [7, 11) is 0. The predicted molar refractivity (Wildman–Crippen MR) is 92.4 cm³/mol. The summed E-state index contributed by atoms with van der Waals surface area (Å²) in [6.07, 6.45) is 5.39. The van der Waals surface area contributed by atoms with E-state index in [2.05, 4.69) is 36.8 Å². The zero-order valence-corrected chi connectivity index (χ0v) is 13.8. The van der Waals surface area contributed by atoms with Gasteiger partial charge in [-0.05, 0) is 62.9 Å². The van der Waals surface area contributed by atoms with Crippen molar-refractivity contribution in [3.63, 3.8) is 0 Å². The van der Waals surface area contributed by atoms with E-state index in [-0.39, 0.29) is 12.5 Å². The van der Waals surface area contributed by atoms with Crippen molar-refractivity contribution in [1.82, 2.24) is 10.3 Å². The lowest BCUT2D eigenvalue weighted by Crippen LogP contribution is -2.18. The van der Waals surface area contributed by atoms with Gasteiger partial charge in [0.1, 0.15) is 0 Å². The number of aromatic nitrogens is 1. The minimum atomic E-state index is 0.0928. The van der Waals surface area contributed by atoms with E-state index in [0.29, 0.717) is 6.54 Å². The molecule has 4 N–H and O–H groups in total. The van der Waals surface area contributed by atoms with Gasteiger partial charge in [-0.15, -0.1) is 6.58 Å². The maximum absolute atomic E-state index is 9.54. The quantitative estimate of drug-likeness (QED) is 0.458. The third kappa shape index (κ3) is 6.10. The van der Waals surface area contributed by atoms with Crippen LogP contribution in [-0.2, 0) is 6.54 Å². The fraction of sp³-hybridized carbons (Fsp3) is 0.500. The molecule has 0 spiro atoms. The van der Waals surface area contributed by atoms with E-state index in [1.807, 2.05) is 18.3 Å². The Morgan fingerprint density at radius 3 is 2.91 bits per heavy atom. The van der Waals surface area contributed by atoms with Crippen LogP contribution in [0.1, 0.15) is 31.0 Å². The van der Waals surface area contributed by atoms with Gasteiger partial charge in [0.25, 0.3) is 0 Å². The van der Waals surface area contributed by atoms with Gasteiger partial charge in [-0.1, -0.05) is 17.7 Å². The summed E-state index contributed by atoms with van der Waals surface area (Å²) in [6, 6.07) is 4.02. The molecule has 0 saturated carbocycles. The first-order valence-corrected chi connectivity index (χ1v) is 7.84. The normalized spacial score (nSPS) is 13.6. The molecule has 1 aromatic rings. The Bertz CT molecular complexity index is 497. The molecule has 1 atom stereocenters. The van der Waals surface area contributed by atoms with Crippen LogP contribution in [0.15, 0.2) is 42.1 Å². The Morgan fingerprint density at radius 2 is 2.32 bits per heavy atom. The third-order valence-corrected chi connectivity index (χ3v) is 4.03. The predicted octanol–water partition coefficient (Wildman–Crippen LogP) is 2.33. The smallest absolute Gasteiger partial charge is 0.0644 e. The fourth-order valence-electron chi connectivity index (χ4n) is 2.32. The number of rotatable bonds is 10. The first-order chi connectivity index (χ1) is 10.6. The van der Waals surface area contributed by atoms with Gasteiger partial charge in [0.15, 0.2) is 0 Å². The molecule has 0 amide bonds. The van der Waals surface area contributed by atoms with Gasteiger partial charge < -0.3 is 16.2 Å². The van der Waals surface area contributed by atoms with Crippen molar-refractivity contribution in [3.8, 4) is 0 Å². The minimum Gasteiger partial charge on any atom is -0.392 e. The largest absolute Gasteiger partial charge is 0.392 e. The molecule has 0 radical (unpaired) electrons. The second kappa shape index (κ2) is 10.3. The van der Waals surface area contributed by atoms with Gasteiger partial charge in [-0.2, -0.15) is 0 Å². The van der Waals surface area contributed by atoms with Crippen LogP contribution in [0.5, 0.6) is 0 Å². The molecular formula is C18H29N3O. The van der Waals surface area contributed by atoms with E-state index in [4.69, 9.17) is 5.73 Å². The zero-order chi connectivity index (χ0) is 16.4. The maximum Gasteiger partial charge on any atom is 0.0644 e. The minimum absolute atomic E-state index is 0.0928. The van der Waals surface area contributed by atoms with Crippen molar-refractivity contribution >= 4 is 0 Å². The number of pyridine rings is 1. The summed E-state index contributed by atoms with van der Waals surface area (Å²) >= 11 is 0. The highest BCUT2D eigenvalue weighted by Gasteiger charge is 2.08. The molecule has 0 saturated heterocycles. The van der Waals surface area contributed by atoms with E-state index < -0.39 is 0 Å². The Balaban J connectivity index is 2.45. The molecule has 22 heavy (non-hydrogen) atoms. The number of aliphatic hydroxyl groups excluding tert-OH is 1. The highest BCUT2D eigenvalue weighted by Crippen LogP contribution is 2.17. The standard InChI is InChI=1S/C18H29N3O/c1-4-16(11-19)10-17(13-22)14(2)7-9-20-12-18-15(3)6-5-8-21-18/h4-6,8,16,20,22H,1,7,9-13,19H2,2-3H3/b17-14-. The van der Waals surface area contributed by atoms with Crippen LogP contribution in [0, 0.1) is 12.8 Å². The molecule has 1 unspecified atom stereocenters. The maximum atomic E-state index is 9.54. The van der Waals surface area contributed by atoms with Crippen LogP contribution in [0.25, 0.3) is 0 Å². The molecule has 1 heterocycles. The third-order valence-electron chi connectivity index (χ3n) is 4.03. The van der Waals surface area contributed by atoms with Crippen molar-refractivity contribution in [3.05, 3.63) is 53.4 Å². The molecule has 4 heteroatoms. The van der Waals surface area contributed by atoms with Crippen molar-refractivity contribution in [2.75, 3.05) is 19.7 Å². The fourth-order valence-corrected chi connectivity index (χ4v) is 2.32. The van der Waals surface area contributed by atoms with Crippen molar-refractivity contribution in [2.24, 2.45) is 11.7 Å². The van der Waals surface area contributed by atoms with Crippen molar-refractivity contribution in [1.29, 1.82) is 0 Å². The van der Waals surface area contributed by atoms with E-state index in [1.165, 1.54) is 11.1 Å². The number of aryl methyl sites for hydroxylation is 1. The molecule has 1 aromatic heterocycles. The molecule has 0 aromatic carbocycles. The molecule has 1 rings (SSSR count). The average Bonchev–Trinajstić information content (AvgIpc) is 2.54. The second-order valence-electron chi connectivity index (χ2n) is 5.67. The summed E-state index contributed by atoms with van der Waals surface area (Å²) in [6.45, 7) is 10.2. The number of nitrogens with one attached hydrogen (secondary N) is 1. The van der Waals surface area contributed by atoms with Gasteiger partial charge in [0, 0.05) is 12.7 Å². The van der Waals surface area contributed by atoms with E-state index >= 15 is 0 Å². The Morgan fingerprint density at radius 1 is 1.55 bits per heavy atom. The molecular weight excluding hydrogens is 274 g/mol. The van der Waals surface area contributed by atoms with Crippen LogP contribution in [-0.4, -0.2) is 29.8 Å². The Hall–Kier alpha value is -1.49. The van der Waals surface area contributed by atoms with Gasteiger partial charge >= 0.3 is 0 Å². The molecule has 0 bridgehead atoms. The topological polar surface area (TPSA) is 71.2 Å². The highest BCUT2D eigenvalue weighted by atomic mass is 16.3. The first kappa shape index (κ1) is 18.6. The molecule has 122 valence electrons. The number of hydrogen-bond donors (Lipinski definition) is 3. The van der Waals surface area contributed by atoms with Crippen LogP contribution >= 0.6 is 0 Å². The summed E-state index contributed by atoms with van der Waals surface area (Å²) in [5.41, 5.74) is 10.3. The SMILES string of the molecule is C=CC(CN)C/C(CO)=C(\C)CCNCc1ncccc1C. The summed E-state index contributed by atoms with van der Waals surface area (Å²) in [5.74, 6) is 0.237. The summed E-state index contributed by atoms with van der Waals surface area (Å²) < 4.78 is 0. The lowest BCUT2D eigenvalue weighted by Gasteiger charge is -2.15. The lowest BCUT2D eigenvalue weighted by atomic mass is 9.95. The van der Waals surface area contributed by atoms with Gasteiger partial charge in [0.05, 0.1) is 12.3 Å². The summed E-state index contributed by atoms with van der Waals surface area (Å²) in [5, 5.41) is 13.0. The Labute approximate surface area is 134 Å². The van der Waals surface area contributed by atoms with Crippen molar-refractivity contribution < 1.29 is 5.11 Å².